The maximum atomic E-state index is 13.0. The SMILES string of the molecule is CCCCOc1ccc(-c2oc3ccccc3c(=O)c2OCCCC)cc1O. The summed E-state index contributed by atoms with van der Waals surface area (Å²) >= 11 is 0. The standard InChI is InChI=1S/C23H26O5/c1-3-5-13-26-20-12-11-16(15-18(20)24)22-23(27-14-6-4-2)21(25)17-9-7-8-10-19(17)28-22/h7-12,15,24H,3-6,13-14H2,1-2H3. The average molecular weight is 382 g/mol. The van der Waals surface area contributed by atoms with Crippen LogP contribution >= 0.6 is 0 Å². The molecule has 5 nitrogen and oxygen atoms in total. The van der Waals surface area contributed by atoms with Crippen LogP contribution in [0.1, 0.15) is 39.5 Å². The molecule has 0 unspecified atom stereocenters. The van der Waals surface area contributed by atoms with Crippen molar-refractivity contribution >= 4 is 11.0 Å². The molecule has 0 bridgehead atoms. The molecular formula is C23H26O5. The van der Waals surface area contributed by atoms with Gasteiger partial charge in [-0.25, -0.2) is 0 Å². The minimum Gasteiger partial charge on any atom is -0.504 e. The summed E-state index contributed by atoms with van der Waals surface area (Å²) < 4.78 is 17.4. The maximum absolute atomic E-state index is 13.0. The Kier molecular flexibility index (Phi) is 6.58. The molecule has 0 aliphatic heterocycles. The lowest BCUT2D eigenvalue weighted by Gasteiger charge is -2.13. The fraction of sp³-hybridized carbons (Fsp3) is 0.348. The molecule has 1 N–H and O–H groups in total. The van der Waals surface area contributed by atoms with E-state index in [0.29, 0.717) is 41.3 Å². The second-order valence-electron chi connectivity index (χ2n) is 6.67. The number of phenolic OH excluding ortho intramolecular Hbond substituents is 1. The Labute approximate surface area is 164 Å². The minimum absolute atomic E-state index is 0.00363. The van der Waals surface area contributed by atoms with Gasteiger partial charge in [-0.1, -0.05) is 38.8 Å². The highest BCUT2D eigenvalue weighted by molar-refractivity contribution is 5.82. The van der Waals surface area contributed by atoms with Crippen LogP contribution in [0.4, 0.5) is 0 Å². The normalized spacial score (nSPS) is 10.9. The first-order valence-electron chi connectivity index (χ1n) is 9.80. The zero-order valence-electron chi connectivity index (χ0n) is 16.4. The molecule has 3 rings (SSSR count). The number of para-hydroxylation sites is 1. The molecule has 0 saturated heterocycles. The van der Waals surface area contributed by atoms with E-state index in [9.17, 15) is 9.90 Å². The van der Waals surface area contributed by atoms with E-state index < -0.39 is 0 Å². The topological polar surface area (TPSA) is 68.9 Å². The van der Waals surface area contributed by atoms with Gasteiger partial charge in [-0.15, -0.1) is 0 Å². The van der Waals surface area contributed by atoms with Crippen LogP contribution in [0.5, 0.6) is 17.2 Å². The van der Waals surface area contributed by atoms with Crippen molar-refractivity contribution in [1.82, 2.24) is 0 Å². The predicted octanol–water partition coefficient (Wildman–Crippen LogP) is 5.52. The Morgan fingerprint density at radius 3 is 2.39 bits per heavy atom. The van der Waals surface area contributed by atoms with Gasteiger partial charge in [-0.3, -0.25) is 4.79 Å². The molecule has 0 fully saturated rings. The van der Waals surface area contributed by atoms with E-state index in [0.717, 1.165) is 25.7 Å². The van der Waals surface area contributed by atoms with Crippen molar-refractivity contribution in [3.8, 4) is 28.6 Å². The zero-order valence-corrected chi connectivity index (χ0v) is 16.4. The van der Waals surface area contributed by atoms with Crippen LogP contribution in [-0.2, 0) is 0 Å². The first-order chi connectivity index (χ1) is 13.7. The van der Waals surface area contributed by atoms with Crippen molar-refractivity contribution in [2.75, 3.05) is 13.2 Å². The highest BCUT2D eigenvalue weighted by Crippen LogP contribution is 2.36. The summed E-state index contributed by atoms with van der Waals surface area (Å²) in [6, 6.07) is 12.1. The van der Waals surface area contributed by atoms with Crippen LogP contribution in [0, 0.1) is 0 Å². The Balaban J connectivity index is 2.04. The fourth-order valence-corrected chi connectivity index (χ4v) is 2.87. The number of unbranched alkanes of at least 4 members (excludes halogenated alkanes) is 2. The molecule has 0 amide bonds. The quantitative estimate of drug-likeness (QED) is 0.493. The minimum atomic E-state index is -0.212. The van der Waals surface area contributed by atoms with Crippen LogP contribution in [0.3, 0.4) is 0 Å². The van der Waals surface area contributed by atoms with Gasteiger partial charge in [0.05, 0.1) is 18.6 Å². The number of aromatic hydroxyl groups is 1. The van der Waals surface area contributed by atoms with Crippen LogP contribution in [0.2, 0.25) is 0 Å². The van der Waals surface area contributed by atoms with Gasteiger partial charge in [0.2, 0.25) is 11.2 Å². The number of benzene rings is 2. The van der Waals surface area contributed by atoms with Crippen molar-refractivity contribution in [1.29, 1.82) is 0 Å². The smallest absolute Gasteiger partial charge is 0.235 e. The monoisotopic (exact) mass is 382 g/mol. The van der Waals surface area contributed by atoms with Crippen molar-refractivity contribution in [2.45, 2.75) is 39.5 Å². The first-order valence-corrected chi connectivity index (χ1v) is 9.80. The Morgan fingerprint density at radius 2 is 1.68 bits per heavy atom. The van der Waals surface area contributed by atoms with E-state index in [4.69, 9.17) is 13.9 Å². The van der Waals surface area contributed by atoms with E-state index in [-0.39, 0.29) is 16.9 Å². The van der Waals surface area contributed by atoms with E-state index >= 15 is 0 Å². The maximum Gasteiger partial charge on any atom is 0.235 e. The lowest BCUT2D eigenvalue weighted by molar-refractivity contribution is 0.292. The summed E-state index contributed by atoms with van der Waals surface area (Å²) in [5, 5.41) is 10.8. The van der Waals surface area contributed by atoms with Crippen molar-refractivity contribution in [3.63, 3.8) is 0 Å². The molecular weight excluding hydrogens is 356 g/mol. The molecule has 148 valence electrons. The highest BCUT2D eigenvalue weighted by atomic mass is 16.5. The Morgan fingerprint density at radius 1 is 0.964 bits per heavy atom. The van der Waals surface area contributed by atoms with Gasteiger partial charge in [-0.2, -0.15) is 0 Å². The van der Waals surface area contributed by atoms with Crippen molar-refractivity contribution in [2.24, 2.45) is 0 Å². The van der Waals surface area contributed by atoms with Gasteiger partial charge < -0.3 is 19.0 Å². The molecule has 0 saturated carbocycles. The van der Waals surface area contributed by atoms with Crippen LogP contribution in [-0.4, -0.2) is 18.3 Å². The number of hydrogen-bond donors (Lipinski definition) is 1. The number of hydrogen-bond acceptors (Lipinski definition) is 5. The lowest BCUT2D eigenvalue weighted by atomic mass is 10.1. The lowest BCUT2D eigenvalue weighted by Crippen LogP contribution is -2.11. The number of fused-ring (bicyclic) bond motifs is 1. The molecule has 0 atom stereocenters. The summed E-state index contributed by atoms with van der Waals surface area (Å²) in [5.74, 6) is 0.902. The summed E-state index contributed by atoms with van der Waals surface area (Å²) in [6.07, 6.45) is 3.72. The number of rotatable bonds is 9. The molecule has 5 heteroatoms. The van der Waals surface area contributed by atoms with Gasteiger partial charge in [0.25, 0.3) is 0 Å². The molecule has 0 radical (unpaired) electrons. The van der Waals surface area contributed by atoms with Gasteiger partial charge >= 0.3 is 0 Å². The van der Waals surface area contributed by atoms with Gasteiger partial charge in [-0.05, 0) is 43.2 Å². The first kappa shape index (κ1) is 19.8. The largest absolute Gasteiger partial charge is 0.504 e. The van der Waals surface area contributed by atoms with E-state index in [1.165, 1.54) is 0 Å². The van der Waals surface area contributed by atoms with Gasteiger partial charge in [0.1, 0.15) is 5.58 Å². The van der Waals surface area contributed by atoms with E-state index in [1.807, 2.05) is 6.07 Å². The van der Waals surface area contributed by atoms with Crippen LogP contribution in [0.25, 0.3) is 22.3 Å². The van der Waals surface area contributed by atoms with Crippen molar-refractivity contribution < 1.29 is 19.0 Å². The molecule has 0 aliphatic rings. The second kappa shape index (κ2) is 9.31. The van der Waals surface area contributed by atoms with Crippen molar-refractivity contribution in [3.05, 3.63) is 52.7 Å². The number of ether oxygens (including phenoxy) is 2. The highest BCUT2D eigenvalue weighted by Gasteiger charge is 2.19. The number of phenols is 1. The van der Waals surface area contributed by atoms with Crippen LogP contribution in [0.15, 0.2) is 51.7 Å². The third-order valence-electron chi connectivity index (χ3n) is 4.48. The van der Waals surface area contributed by atoms with E-state index in [1.54, 1.807) is 36.4 Å². The third kappa shape index (κ3) is 4.30. The summed E-state index contributed by atoms with van der Waals surface area (Å²) in [6.45, 7) is 5.10. The predicted molar refractivity (Wildman–Crippen MR) is 110 cm³/mol. The fourth-order valence-electron chi connectivity index (χ4n) is 2.87. The molecule has 1 heterocycles. The molecule has 3 aromatic rings. The molecule has 28 heavy (non-hydrogen) atoms. The molecule has 1 aromatic heterocycles. The Hall–Kier alpha value is -2.95. The van der Waals surface area contributed by atoms with E-state index in [2.05, 4.69) is 13.8 Å². The van der Waals surface area contributed by atoms with Crippen LogP contribution < -0.4 is 14.9 Å². The molecule has 2 aromatic carbocycles. The summed E-state index contributed by atoms with van der Waals surface area (Å²) in [7, 11) is 0. The summed E-state index contributed by atoms with van der Waals surface area (Å²) in [4.78, 5) is 13.0. The average Bonchev–Trinajstić information content (AvgIpc) is 2.71. The second-order valence-corrected chi connectivity index (χ2v) is 6.67. The summed E-state index contributed by atoms with van der Waals surface area (Å²) in [5.41, 5.74) is 0.832. The molecule has 0 spiro atoms. The molecule has 0 aliphatic carbocycles. The third-order valence-corrected chi connectivity index (χ3v) is 4.48. The Bertz CT molecular complexity index is 990. The van der Waals surface area contributed by atoms with Gasteiger partial charge in [0, 0.05) is 5.56 Å². The van der Waals surface area contributed by atoms with Gasteiger partial charge in [0.15, 0.2) is 17.3 Å². The zero-order chi connectivity index (χ0) is 19.9.